The van der Waals surface area contributed by atoms with Gasteiger partial charge in [-0.25, -0.2) is 4.39 Å². The number of halogens is 1. The molecule has 3 heteroatoms. The minimum atomic E-state index is -0.262. The number of likely N-dealkylation sites (tertiary alicyclic amines) is 1. The van der Waals surface area contributed by atoms with Crippen molar-refractivity contribution >= 4 is 0 Å². The van der Waals surface area contributed by atoms with Crippen LogP contribution in [-0.2, 0) is 6.54 Å². The summed E-state index contributed by atoms with van der Waals surface area (Å²) in [6, 6.07) is 4.86. The topological polar surface area (TPSA) is 23.5 Å². The second-order valence-electron chi connectivity index (χ2n) is 4.94. The molecule has 18 heavy (non-hydrogen) atoms. The normalized spacial score (nSPS) is 19.6. The van der Waals surface area contributed by atoms with Gasteiger partial charge < -0.3 is 5.11 Å². The van der Waals surface area contributed by atoms with E-state index in [2.05, 4.69) is 23.7 Å². The molecule has 1 fully saturated rings. The summed E-state index contributed by atoms with van der Waals surface area (Å²) in [5, 5.41) is 8.65. The van der Waals surface area contributed by atoms with E-state index in [0.717, 1.165) is 31.1 Å². The van der Waals surface area contributed by atoms with Crippen LogP contribution in [-0.4, -0.2) is 29.7 Å². The summed E-state index contributed by atoms with van der Waals surface area (Å²) in [6.07, 6.45) is 1.21. The smallest absolute Gasteiger partial charge is 0.124 e. The Morgan fingerprint density at radius 2 is 2.28 bits per heavy atom. The zero-order chi connectivity index (χ0) is 13.0. The van der Waals surface area contributed by atoms with Crippen LogP contribution in [0.25, 0.3) is 0 Å². The number of aliphatic hydroxyl groups excluding tert-OH is 1. The molecular weight excluding hydrogens is 229 g/mol. The van der Waals surface area contributed by atoms with E-state index in [4.69, 9.17) is 5.11 Å². The van der Waals surface area contributed by atoms with Crippen LogP contribution in [0.15, 0.2) is 18.2 Å². The molecule has 1 atom stereocenters. The number of hydrogen-bond acceptors (Lipinski definition) is 2. The van der Waals surface area contributed by atoms with Crippen molar-refractivity contribution < 1.29 is 9.50 Å². The van der Waals surface area contributed by atoms with Crippen LogP contribution in [0.5, 0.6) is 0 Å². The van der Waals surface area contributed by atoms with Gasteiger partial charge >= 0.3 is 0 Å². The van der Waals surface area contributed by atoms with Gasteiger partial charge in [0.2, 0.25) is 0 Å². The summed E-state index contributed by atoms with van der Waals surface area (Å²) in [4.78, 5) is 2.34. The Kier molecular flexibility index (Phi) is 4.35. The second-order valence-corrected chi connectivity index (χ2v) is 4.94. The van der Waals surface area contributed by atoms with Gasteiger partial charge in [-0.15, -0.1) is 0 Å². The van der Waals surface area contributed by atoms with Crippen LogP contribution in [0.3, 0.4) is 0 Å². The molecule has 1 aliphatic heterocycles. The summed E-state index contributed by atoms with van der Waals surface area (Å²) in [5.41, 5.74) is 1.58. The number of nitrogens with zero attached hydrogens (tertiary/aromatic N) is 1. The lowest BCUT2D eigenvalue weighted by Gasteiger charge is -2.15. The van der Waals surface area contributed by atoms with Crippen LogP contribution in [0.4, 0.5) is 4.39 Å². The van der Waals surface area contributed by atoms with E-state index in [-0.39, 0.29) is 12.4 Å². The first-order valence-corrected chi connectivity index (χ1v) is 6.29. The van der Waals surface area contributed by atoms with Gasteiger partial charge in [0.05, 0.1) is 0 Å². The maximum Gasteiger partial charge on any atom is 0.124 e. The molecule has 0 radical (unpaired) electrons. The van der Waals surface area contributed by atoms with Crippen molar-refractivity contribution in [2.24, 2.45) is 5.92 Å². The molecule has 2 rings (SSSR count). The molecule has 0 amide bonds. The molecule has 0 saturated carbocycles. The van der Waals surface area contributed by atoms with Crippen molar-refractivity contribution in [3.63, 3.8) is 0 Å². The van der Waals surface area contributed by atoms with E-state index >= 15 is 0 Å². The van der Waals surface area contributed by atoms with Gasteiger partial charge in [0.25, 0.3) is 0 Å². The highest BCUT2D eigenvalue weighted by molar-refractivity contribution is 5.37. The van der Waals surface area contributed by atoms with Gasteiger partial charge in [-0.2, -0.15) is 0 Å². The molecule has 0 bridgehead atoms. The second kappa shape index (κ2) is 5.99. The zero-order valence-electron chi connectivity index (χ0n) is 10.6. The lowest BCUT2D eigenvalue weighted by atomic mass is 10.1. The third kappa shape index (κ3) is 3.56. The Morgan fingerprint density at radius 3 is 2.94 bits per heavy atom. The zero-order valence-corrected chi connectivity index (χ0v) is 10.6. The molecule has 1 unspecified atom stereocenters. The predicted octanol–water partition coefficient (Wildman–Crippen LogP) is 2.01. The van der Waals surface area contributed by atoms with E-state index in [1.54, 1.807) is 6.07 Å². The standard InChI is InChI=1S/C15H18FNO/c1-12-4-5-17(10-12)11-14-7-13(3-2-6-18)8-15(16)9-14/h7-9,12,18H,4-6,10-11H2,1H3. The van der Waals surface area contributed by atoms with Crippen LogP contribution in [0.1, 0.15) is 24.5 Å². The number of rotatable bonds is 2. The van der Waals surface area contributed by atoms with E-state index in [9.17, 15) is 4.39 Å². The average molecular weight is 247 g/mol. The van der Waals surface area contributed by atoms with Crippen molar-refractivity contribution in [2.75, 3.05) is 19.7 Å². The Hall–Kier alpha value is -1.37. The van der Waals surface area contributed by atoms with Gasteiger partial charge in [-0.3, -0.25) is 4.90 Å². The van der Waals surface area contributed by atoms with Gasteiger partial charge in [-0.1, -0.05) is 18.8 Å². The quantitative estimate of drug-likeness (QED) is 0.808. The lowest BCUT2D eigenvalue weighted by molar-refractivity contribution is 0.320. The highest BCUT2D eigenvalue weighted by Crippen LogP contribution is 2.18. The lowest BCUT2D eigenvalue weighted by Crippen LogP contribution is -2.19. The van der Waals surface area contributed by atoms with Gasteiger partial charge in [-0.05, 0) is 42.6 Å². The minimum absolute atomic E-state index is 0.199. The summed E-state index contributed by atoms with van der Waals surface area (Å²) >= 11 is 0. The first-order chi connectivity index (χ1) is 8.67. The van der Waals surface area contributed by atoms with Crippen LogP contribution in [0.2, 0.25) is 0 Å². The highest BCUT2D eigenvalue weighted by Gasteiger charge is 2.18. The van der Waals surface area contributed by atoms with Crippen molar-refractivity contribution in [3.05, 3.63) is 35.1 Å². The molecule has 2 nitrogen and oxygen atoms in total. The van der Waals surface area contributed by atoms with E-state index in [1.807, 2.05) is 6.07 Å². The molecule has 1 aliphatic rings. The number of aliphatic hydroxyl groups is 1. The van der Waals surface area contributed by atoms with Gasteiger partial charge in [0.1, 0.15) is 12.4 Å². The predicted molar refractivity (Wildman–Crippen MR) is 69.4 cm³/mol. The van der Waals surface area contributed by atoms with E-state index in [1.165, 1.54) is 12.5 Å². The fourth-order valence-electron chi connectivity index (χ4n) is 2.38. The number of benzene rings is 1. The van der Waals surface area contributed by atoms with Crippen LogP contribution >= 0.6 is 0 Å². The molecular formula is C15H18FNO. The van der Waals surface area contributed by atoms with E-state index < -0.39 is 0 Å². The molecule has 1 aromatic carbocycles. The average Bonchev–Trinajstić information content (AvgIpc) is 2.71. The summed E-state index contributed by atoms with van der Waals surface area (Å²) in [5.74, 6) is 5.76. The van der Waals surface area contributed by atoms with Crippen LogP contribution in [0, 0.1) is 23.6 Å². The SMILES string of the molecule is CC1CCN(Cc2cc(F)cc(C#CCO)c2)C1. The number of hydrogen-bond donors (Lipinski definition) is 1. The Bertz CT molecular complexity index is 475. The first kappa shape index (κ1) is 13.1. The third-order valence-corrected chi connectivity index (χ3v) is 3.18. The summed E-state index contributed by atoms with van der Waals surface area (Å²) in [7, 11) is 0. The molecule has 1 aromatic rings. The van der Waals surface area contributed by atoms with Crippen LogP contribution < -0.4 is 0 Å². The fourth-order valence-corrected chi connectivity index (χ4v) is 2.38. The maximum absolute atomic E-state index is 13.5. The Balaban J connectivity index is 2.10. The Labute approximate surface area is 107 Å². The molecule has 1 saturated heterocycles. The third-order valence-electron chi connectivity index (χ3n) is 3.18. The fraction of sp³-hybridized carbons (Fsp3) is 0.467. The maximum atomic E-state index is 13.5. The van der Waals surface area contributed by atoms with Gasteiger partial charge in [0, 0.05) is 18.7 Å². The largest absolute Gasteiger partial charge is 0.384 e. The molecule has 1 N–H and O–H groups in total. The highest BCUT2D eigenvalue weighted by atomic mass is 19.1. The molecule has 0 aliphatic carbocycles. The monoisotopic (exact) mass is 247 g/mol. The van der Waals surface area contributed by atoms with Crippen molar-refractivity contribution in [3.8, 4) is 11.8 Å². The molecule has 0 aromatic heterocycles. The van der Waals surface area contributed by atoms with E-state index in [0.29, 0.717) is 5.56 Å². The summed E-state index contributed by atoms with van der Waals surface area (Å²) < 4.78 is 13.5. The first-order valence-electron chi connectivity index (χ1n) is 6.29. The van der Waals surface area contributed by atoms with Crippen molar-refractivity contribution in [1.82, 2.24) is 4.90 Å². The summed E-state index contributed by atoms with van der Waals surface area (Å²) in [6.45, 7) is 4.97. The molecule has 1 heterocycles. The Morgan fingerprint density at radius 1 is 1.44 bits per heavy atom. The van der Waals surface area contributed by atoms with Crippen molar-refractivity contribution in [1.29, 1.82) is 0 Å². The van der Waals surface area contributed by atoms with Crippen molar-refractivity contribution in [2.45, 2.75) is 19.9 Å². The van der Waals surface area contributed by atoms with Gasteiger partial charge in [0.15, 0.2) is 0 Å². The minimum Gasteiger partial charge on any atom is -0.384 e. The molecule has 0 spiro atoms. The molecule has 96 valence electrons.